The molecular weight excluding hydrogens is 265 g/mol. The van der Waals surface area contributed by atoms with Gasteiger partial charge in [-0.05, 0) is 43.6 Å². The Kier molecular flexibility index (Phi) is 3.96. The number of amides is 1. The average Bonchev–Trinajstić information content (AvgIpc) is 2.02. The second kappa shape index (κ2) is 4.80. The third kappa shape index (κ3) is 2.72. The Labute approximate surface area is 97.0 Å². The molecule has 1 rings (SSSR count). The van der Waals surface area contributed by atoms with E-state index in [1.54, 1.807) is 0 Å². The molecule has 0 spiro atoms. The van der Waals surface area contributed by atoms with Gasteiger partial charge in [-0.1, -0.05) is 22.0 Å². The number of carbonyl (C=O) groups excluding carboxylic acids is 1. The van der Waals surface area contributed by atoms with Crippen molar-refractivity contribution in [2.45, 2.75) is 19.9 Å². The Morgan fingerprint density at radius 1 is 1.50 bits per heavy atom. The van der Waals surface area contributed by atoms with Crippen molar-refractivity contribution in [1.82, 2.24) is 0 Å². The molecule has 0 aliphatic heterocycles. The molecule has 0 saturated heterocycles. The number of carbonyl (C=O) groups is 1. The summed E-state index contributed by atoms with van der Waals surface area (Å²) >= 11 is 8.85. The molecule has 0 N–H and O–H groups in total. The largest absolute Gasteiger partial charge is 0.321 e. The van der Waals surface area contributed by atoms with E-state index >= 15 is 0 Å². The second-order valence-corrected chi connectivity index (χ2v) is 4.44. The molecule has 1 aromatic rings. The highest BCUT2D eigenvalue weighted by Gasteiger charge is 2.16. The minimum atomic E-state index is -0.460. The molecule has 0 unspecified atom stereocenters. The van der Waals surface area contributed by atoms with Crippen molar-refractivity contribution in [3.63, 3.8) is 0 Å². The highest BCUT2D eigenvalue weighted by atomic mass is 79.9. The summed E-state index contributed by atoms with van der Waals surface area (Å²) in [4.78, 5) is 12.7. The molecule has 0 heterocycles. The molecule has 0 radical (unpaired) electrons. The van der Waals surface area contributed by atoms with E-state index in [1.807, 2.05) is 38.1 Å². The van der Waals surface area contributed by atoms with Crippen LogP contribution >= 0.6 is 27.5 Å². The summed E-state index contributed by atoms with van der Waals surface area (Å²) in [6.07, 6.45) is 0. The van der Waals surface area contributed by atoms with Crippen LogP contribution < -0.4 is 4.90 Å². The highest BCUT2D eigenvalue weighted by Crippen LogP contribution is 2.22. The van der Waals surface area contributed by atoms with Gasteiger partial charge >= 0.3 is 5.37 Å². The third-order valence-corrected chi connectivity index (χ3v) is 2.47. The molecular formula is C10H11BrClNO. The summed E-state index contributed by atoms with van der Waals surface area (Å²) in [5.74, 6) is 0. The zero-order valence-electron chi connectivity index (χ0n) is 8.00. The Morgan fingerprint density at radius 3 is 2.57 bits per heavy atom. The molecule has 0 saturated carbocycles. The van der Waals surface area contributed by atoms with Gasteiger partial charge in [0.15, 0.2) is 0 Å². The molecule has 4 heteroatoms. The lowest BCUT2D eigenvalue weighted by molar-refractivity contribution is 0.263. The van der Waals surface area contributed by atoms with Crippen LogP contribution in [0, 0.1) is 0 Å². The molecule has 0 aromatic heterocycles. The van der Waals surface area contributed by atoms with Gasteiger partial charge in [-0.2, -0.15) is 0 Å². The number of anilines is 1. The van der Waals surface area contributed by atoms with Crippen LogP contribution in [0.5, 0.6) is 0 Å². The van der Waals surface area contributed by atoms with Crippen LogP contribution in [-0.4, -0.2) is 11.4 Å². The van der Waals surface area contributed by atoms with Gasteiger partial charge in [-0.25, -0.2) is 0 Å². The molecule has 0 atom stereocenters. The molecule has 0 aliphatic carbocycles. The van der Waals surface area contributed by atoms with Gasteiger partial charge in [0.2, 0.25) is 0 Å². The third-order valence-electron chi connectivity index (χ3n) is 1.79. The van der Waals surface area contributed by atoms with E-state index in [2.05, 4.69) is 15.9 Å². The minimum absolute atomic E-state index is 0.0503. The summed E-state index contributed by atoms with van der Waals surface area (Å²) in [6.45, 7) is 3.84. The van der Waals surface area contributed by atoms with Crippen LogP contribution in [0.3, 0.4) is 0 Å². The van der Waals surface area contributed by atoms with Crippen LogP contribution in [0.4, 0.5) is 10.5 Å². The summed E-state index contributed by atoms with van der Waals surface area (Å²) in [5.41, 5.74) is 0.800. The summed E-state index contributed by atoms with van der Waals surface area (Å²) in [5, 5.41) is -0.460. The smallest absolute Gasteiger partial charge is 0.296 e. The van der Waals surface area contributed by atoms with Gasteiger partial charge < -0.3 is 0 Å². The van der Waals surface area contributed by atoms with Gasteiger partial charge in [0.1, 0.15) is 0 Å². The molecule has 76 valence electrons. The Hall–Kier alpha value is -0.540. The van der Waals surface area contributed by atoms with Crippen LogP contribution in [0.15, 0.2) is 28.7 Å². The maximum atomic E-state index is 11.2. The van der Waals surface area contributed by atoms with Crippen LogP contribution in [-0.2, 0) is 0 Å². The predicted molar refractivity (Wildman–Crippen MR) is 63.0 cm³/mol. The highest BCUT2D eigenvalue weighted by molar-refractivity contribution is 9.10. The van der Waals surface area contributed by atoms with Crippen molar-refractivity contribution >= 4 is 38.6 Å². The molecule has 0 bridgehead atoms. The van der Waals surface area contributed by atoms with Crippen molar-refractivity contribution in [1.29, 1.82) is 0 Å². The Balaban J connectivity index is 3.05. The second-order valence-electron chi connectivity index (χ2n) is 3.20. The quantitative estimate of drug-likeness (QED) is 0.590. The van der Waals surface area contributed by atoms with E-state index in [1.165, 1.54) is 4.90 Å². The van der Waals surface area contributed by atoms with Gasteiger partial charge in [0.05, 0.1) is 0 Å². The number of halogens is 2. The normalized spacial score (nSPS) is 10.4. The first-order chi connectivity index (χ1) is 6.52. The first-order valence-corrected chi connectivity index (χ1v) is 5.43. The molecule has 0 aliphatic rings. The molecule has 2 nitrogen and oxygen atoms in total. The maximum Gasteiger partial charge on any atom is 0.321 e. The summed E-state index contributed by atoms with van der Waals surface area (Å²) in [6, 6.07) is 7.54. The summed E-state index contributed by atoms with van der Waals surface area (Å²) in [7, 11) is 0. The van der Waals surface area contributed by atoms with Crippen LogP contribution in [0.1, 0.15) is 13.8 Å². The van der Waals surface area contributed by atoms with Crippen LogP contribution in [0.25, 0.3) is 0 Å². The number of benzene rings is 1. The Morgan fingerprint density at radius 2 is 2.14 bits per heavy atom. The maximum absolute atomic E-state index is 11.2. The SMILES string of the molecule is CC(C)N(C(=O)Cl)c1cccc(Br)c1. The number of nitrogens with zero attached hydrogens (tertiary/aromatic N) is 1. The van der Waals surface area contributed by atoms with Gasteiger partial charge in [0, 0.05) is 16.2 Å². The van der Waals surface area contributed by atoms with E-state index < -0.39 is 5.37 Å². The lowest BCUT2D eigenvalue weighted by atomic mass is 10.2. The first kappa shape index (κ1) is 11.5. The van der Waals surface area contributed by atoms with Crippen LogP contribution in [0.2, 0.25) is 0 Å². The van der Waals surface area contributed by atoms with Gasteiger partial charge in [-0.15, -0.1) is 0 Å². The fourth-order valence-corrected chi connectivity index (χ4v) is 1.91. The van der Waals surface area contributed by atoms with E-state index in [-0.39, 0.29) is 6.04 Å². The standard InChI is InChI=1S/C10H11BrClNO/c1-7(2)13(10(12)14)9-5-3-4-8(11)6-9/h3-7H,1-2H3. The first-order valence-electron chi connectivity index (χ1n) is 4.26. The van der Waals surface area contributed by atoms with E-state index in [9.17, 15) is 4.79 Å². The van der Waals surface area contributed by atoms with Crippen molar-refractivity contribution in [2.75, 3.05) is 4.90 Å². The van der Waals surface area contributed by atoms with E-state index in [0.717, 1.165) is 10.2 Å². The van der Waals surface area contributed by atoms with Crippen molar-refractivity contribution in [3.05, 3.63) is 28.7 Å². The zero-order valence-corrected chi connectivity index (χ0v) is 10.3. The molecule has 14 heavy (non-hydrogen) atoms. The number of hydrogen-bond donors (Lipinski definition) is 0. The predicted octanol–water partition coefficient (Wildman–Crippen LogP) is 4.02. The molecule has 0 fully saturated rings. The monoisotopic (exact) mass is 275 g/mol. The van der Waals surface area contributed by atoms with E-state index in [4.69, 9.17) is 11.6 Å². The lowest BCUT2D eigenvalue weighted by Crippen LogP contribution is -2.32. The van der Waals surface area contributed by atoms with Crippen molar-refractivity contribution < 1.29 is 4.79 Å². The minimum Gasteiger partial charge on any atom is -0.296 e. The number of rotatable bonds is 2. The van der Waals surface area contributed by atoms with E-state index in [0.29, 0.717) is 0 Å². The fourth-order valence-electron chi connectivity index (χ4n) is 1.23. The van der Waals surface area contributed by atoms with Crippen molar-refractivity contribution in [3.8, 4) is 0 Å². The average molecular weight is 277 g/mol. The topological polar surface area (TPSA) is 20.3 Å². The number of hydrogen-bond acceptors (Lipinski definition) is 1. The van der Waals surface area contributed by atoms with Gasteiger partial charge in [-0.3, -0.25) is 9.69 Å². The Bertz CT molecular complexity index is 341. The molecule has 1 aromatic carbocycles. The lowest BCUT2D eigenvalue weighted by Gasteiger charge is -2.24. The van der Waals surface area contributed by atoms with Crippen molar-refractivity contribution in [2.24, 2.45) is 0 Å². The fraction of sp³-hybridized carbons (Fsp3) is 0.300. The molecule has 1 amide bonds. The van der Waals surface area contributed by atoms with Gasteiger partial charge in [0.25, 0.3) is 0 Å². The zero-order chi connectivity index (χ0) is 10.7. The summed E-state index contributed by atoms with van der Waals surface area (Å²) < 4.78 is 0.929.